The van der Waals surface area contributed by atoms with Gasteiger partial charge in [0.05, 0.1) is 18.5 Å². The summed E-state index contributed by atoms with van der Waals surface area (Å²) in [6.07, 6.45) is 3.97. The highest BCUT2D eigenvalue weighted by molar-refractivity contribution is 5.93. The molecule has 2 rings (SSSR count). The smallest absolute Gasteiger partial charge is 0.253 e. The third-order valence-electron chi connectivity index (χ3n) is 3.07. The number of rotatable bonds is 7. The number of anilines is 1. The van der Waals surface area contributed by atoms with Gasteiger partial charge in [-0.25, -0.2) is 0 Å². The van der Waals surface area contributed by atoms with E-state index in [4.69, 9.17) is 4.74 Å². The van der Waals surface area contributed by atoms with Crippen molar-refractivity contribution in [1.29, 1.82) is 0 Å². The van der Waals surface area contributed by atoms with Crippen LogP contribution >= 0.6 is 0 Å². The minimum Gasteiger partial charge on any atom is -0.364 e. The maximum absolute atomic E-state index is 12.0. The number of nitrogens with one attached hydrogen (secondary N) is 1. The molecule has 0 aliphatic carbocycles. The second-order valence-corrected chi connectivity index (χ2v) is 4.92. The Morgan fingerprint density at radius 3 is 2.86 bits per heavy atom. The number of amides is 1. The van der Waals surface area contributed by atoms with E-state index in [9.17, 15) is 4.79 Å². The normalized spacial score (nSPS) is 12.1. The van der Waals surface area contributed by atoms with E-state index >= 15 is 0 Å². The number of nitrogens with zero attached hydrogens (tertiary/aromatic N) is 2. The summed E-state index contributed by atoms with van der Waals surface area (Å²) < 4.78 is 7.39. The van der Waals surface area contributed by atoms with E-state index < -0.39 is 6.10 Å². The summed E-state index contributed by atoms with van der Waals surface area (Å²) in [4.78, 5) is 12.0. The number of benzene rings is 1. The number of aromatic nitrogens is 2. The minimum absolute atomic E-state index is 0.165. The van der Waals surface area contributed by atoms with Gasteiger partial charge in [0.15, 0.2) is 0 Å². The summed E-state index contributed by atoms with van der Waals surface area (Å²) in [6, 6.07) is 9.80. The van der Waals surface area contributed by atoms with Gasteiger partial charge in [-0.2, -0.15) is 5.10 Å². The Bertz CT molecular complexity index is 566. The molecule has 2 aromatic rings. The lowest BCUT2D eigenvalue weighted by molar-refractivity contribution is -0.127. The summed E-state index contributed by atoms with van der Waals surface area (Å²) in [5.41, 5.74) is 1.75. The molecule has 0 saturated heterocycles. The molecule has 5 nitrogen and oxygen atoms in total. The zero-order valence-electron chi connectivity index (χ0n) is 12.5. The lowest BCUT2D eigenvalue weighted by atomic mass is 10.2. The van der Waals surface area contributed by atoms with Gasteiger partial charge in [0.2, 0.25) is 0 Å². The average molecular weight is 287 g/mol. The molecule has 0 aliphatic rings. The Labute approximate surface area is 124 Å². The summed E-state index contributed by atoms with van der Waals surface area (Å²) in [5.74, 6) is -0.165. The second-order valence-electron chi connectivity index (χ2n) is 4.92. The fourth-order valence-corrected chi connectivity index (χ4v) is 1.89. The van der Waals surface area contributed by atoms with Crippen molar-refractivity contribution >= 4 is 11.6 Å². The Morgan fingerprint density at radius 1 is 1.38 bits per heavy atom. The first-order valence-electron chi connectivity index (χ1n) is 7.18. The summed E-state index contributed by atoms with van der Waals surface area (Å²) in [6.45, 7) is 5.09. The predicted octanol–water partition coefficient (Wildman–Crippen LogP) is 2.84. The third-order valence-corrected chi connectivity index (χ3v) is 3.07. The van der Waals surface area contributed by atoms with Crippen LogP contribution in [-0.2, 0) is 22.7 Å². The van der Waals surface area contributed by atoms with E-state index in [0.717, 1.165) is 18.5 Å². The molecule has 1 amide bonds. The third kappa shape index (κ3) is 4.72. The maximum Gasteiger partial charge on any atom is 0.253 e. The number of hydrogen-bond acceptors (Lipinski definition) is 3. The highest BCUT2D eigenvalue weighted by atomic mass is 16.5. The first kappa shape index (κ1) is 15.3. The Hall–Kier alpha value is -2.14. The first-order chi connectivity index (χ1) is 10.2. The van der Waals surface area contributed by atoms with Crippen LogP contribution in [0.2, 0.25) is 0 Å². The highest BCUT2D eigenvalue weighted by Crippen LogP contribution is 2.08. The minimum atomic E-state index is -0.514. The lowest BCUT2D eigenvalue weighted by Gasteiger charge is -2.12. The topological polar surface area (TPSA) is 56.2 Å². The van der Waals surface area contributed by atoms with Gasteiger partial charge in [0, 0.05) is 12.7 Å². The van der Waals surface area contributed by atoms with Gasteiger partial charge in [-0.1, -0.05) is 37.3 Å². The molecule has 21 heavy (non-hydrogen) atoms. The zero-order valence-corrected chi connectivity index (χ0v) is 12.5. The number of hydrogen-bond donors (Lipinski definition) is 1. The molecule has 0 saturated carbocycles. The molecule has 1 aromatic heterocycles. The lowest BCUT2D eigenvalue weighted by Crippen LogP contribution is -2.27. The van der Waals surface area contributed by atoms with E-state index in [1.165, 1.54) is 0 Å². The van der Waals surface area contributed by atoms with Crippen LogP contribution in [0.4, 0.5) is 5.69 Å². The first-order valence-corrected chi connectivity index (χ1v) is 7.18. The molecule has 1 heterocycles. The summed E-state index contributed by atoms with van der Waals surface area (Å²) in [7, 11) is 0. The van der Waals surface area contributed by atoms with Gasteiger partial charge >= 0.3 is 0 Å². The highest BCUT2D eigenvalue weighted by Gasteiger charge is 2.14. The second kappa shape index (κ2) is 7.59. The van der Waals surface area contributed by atoms with E-state index in [1.807, 2.05) is 41.2 Å². The quantitative estimate of drug-likeness (QED) is 0.852. The van der Waals surface area contributed by atoms with Gasteiger partial charge in [0.25, 0.3) is 5.91 Å². The van der Waals surface area contributed by atoms with Crippen LogP contribution in [0.15, 0.2) is 42.7 Å². The molecule has 0 fully saturated rings. The molecule has 0 aliphatic heterocycles. The molecule has 112 valence electrons. The van der Waals surface area contributed by atoms with Gasteiger partial charge in [0.1, 0.15) is 6.10 Å². The van der Waals surface area contributed by atoms with Gasteiger partial charge in [-0.3, -0.25) is 9.48 Å². The van der Waals surface area contributed by atoms with Crippen LogP contribution in [0.25, 0.3) is 0 Å². The molecule has 1 atom stereocenters. The molecule has 0 bridgehead atoms. The monoisotopic (exact) mass is 287 g/mol. The van der Waals surface area contributed by atoms with Crippen LogP contribution < -0.4 is 5.32 Å². The van der Waals surface area contributed by atoms with Crippen molar-refractivity contribution in [3.8, 4) is 0 Å². The molecule has 1 N–H and O–H groups in total. The van der Waals surface area contributed by atoms with Gasteiger partial charge in [-0.15, -0.1) is 0 Å². The van der Waals surface area contributed by atoms with Crippen molar-refractivity contribution in [2.45, 2.75) is 39.5 Å². The predicted molar refractivity (Wildman–Crippen MR) is 81.8 cm³/mol. The van der Waals surface area contributed by atoms with Gasteiger partial charge in [-0.05, 0) is 18.9 Å². The number of carbonyl (C=O) groups is 1. The maximum atomic E-state index is 12.0. The molecule has 0 spiro atoms. The fourth-order valence-electron chi connectivity index (χ4n) is 1.89. The van der Waals surface area contributed by atoms with E-state index in [0.29, 0.717) is 12.3 Å². The summed E-state index contributed by atoms with van der Waals surface area (Å²) >= 11 is 0. The average Bonchev–Trinajstić information content (AvgIpc) is 2.93. The standard InChI is InChI=1S/C16H21N3O2/c1-3-9-19-11-15(10-17-19)18-16(20)13(2)21-12-14-7-5-4-6-8-14/h4-8,10-11,13H,3,9,12H2,1-2H3,(H,18,20)/t13-/m1/s1. The molecular formula is C16H21N3O2. The summed E-state index contributed by atoms with van der Waals surface area (Å²) in [5, 5.41) is 6.98. The van der Waals surface area contributed by atoms with Crippen LogP contribution in [0.5, 0.6) is 0 Å². The van der Waals surface area contributed by atoms with Crippen molar-refractivity contribution in [3.63, 3.8) is 0 Å². The van der Waals surface area contributed by atoms with Crippen molar-refractivity contribution in [3.05, 3.63) is 48.3 Å². The van der Waals surface area contributed by atoms with Crippen LogP contribution in [0.3, 0.4) is 0 Å². The van der Waals surface area contributed by atoms with Crippen molar-refractivity contribution < 1.29 is 9.53 Å². The van der Waals surface area contributed by atoms with Crippen molar-refractivity contribution in [2.24, 2.45) is 0 Å². The number of aryl methyl sites for hydroxylation is 1. The Balaban J connectivity index is 1.81. The van der Waals surface area contributed by atoms with Gasteiger partial charge < -0.3 is 10.1 Å². The number of ether oxygens (including phenoxy) is 1. The van der Waals surface area contributed by atoms with E-state index in [-0.39, 0.29) is 5.91 Å². The van der Waals surface area contributed by atoms with Crippen molar-refractivity contribution in [2.75, 3.05) is 5.32 Å². The van der Waals surface area contributed by atoms with E-state index in [2.05, 4.69) is 17.3 Å². The van der Waals surface area contributed by atoms with Crippen molar-refractivity contribution in [1.82, 2.24) is 9.78 Å². The SMILES string of the molecule is CCCn1cc(NC(=O)[C@@H](C)OCc2ccccc2)cn1. The van der Waals surface area contributed by atoms with Crippen LogP contribution in [0.1, 0.15) is 25.8 Å². The largest absolute Gasteiger partial charge is 0.364 e. The molecular weight excluding hydrogens is 266 g/mol. The fraction of sp³-hybridized carbons (Fsp3) is 0.375. The number of carbonyl (C=O) groups excluding carboxylic acids is 1. The zero-order chi connectivity index (χ0) is 15.1. The van der Waals surface area contributed by atoms with E-state index in [1.54, 1.807) is 13.1 Å². The Kier molecular flexibility index (Phi) is 5.51. The molecule has 5 heteroatoms. The molecule has 1 aromatic carbocycles. The van der Waals surface area contributed by atoms with Crippen LogP contribution in [-0.4, -0.2) is 21.8 Å². The molecule has 0 unspecified atom stereocenters. The van der Waals surface area contributed by atoms with Crippen LogP contribution in [0, 0.1) is 0 Å². The Morgan fingerprint density at radius 2 is 2.14 bits per heavy atom. The molecule has 0 radical (unpaired) electrons.